The lowest BCUT2D eigenvalue weighted by Crippen LogP contribution is -1.68. The summed E-state index contributed by atoms with van der Waals surface area (Å²) in [5.41, 5.74) is 3.36. The van der Waals surface area contributed by atoms with Gasteiger partial charge in [0, 0.05) is 7.11 Å². The Morgan fingerprint density at radius 1 is 1.29 bits per heavy atom. The summed E-state index contributed by atoms with van der Waals surface area (Å²) >= 11 is 0. The summed E-state index contributed by atoms with van der Waals surface area (Å²) in [6.07, 6.45) is 3.06. The Morgan fingerprint density at radius 2 is 2.00 bits per heavy atom. The molecule has 1 aliphatic rings. The van der Waals surface area contributed by atoms with Crippen LogP contribution in [0.15, 0.2) is 22.7 Å². The van der Waals surface area contributed by atoms with E-state index >= 15 is 0 Å². The fourth-order valence-corrected chi connectivity index (χ4v) is 0.149. The van der Waals surface area contributed by atoms with Gasteiger partial charge in [-0.25, -0.2) is 0 Å². The number of aliphatic hydroxyl groups excluding tert-OH is 1. The predicted molar refractivity (Wildman–Crippen MR) is 24.3 cm³/mol. The standard InChI is InChI=1S/C2H2N3.CH4O/c1-2-4-5-3-1;1-2/h1-2H;2H,1H3. The van der Waals surface area contributed by atoms with Crippen molar-refractivity contribution in [3.8, 4) is 0 Å². The van der Waals surface area contributed by atoms with E-state index in [1.54, 1.807) is 0 Å². The van der Waals surface area contributed by atoms with Crippen LogP contribution < -0.4 is 5.43 Å². The summed E-state index contributed by atoms with van der Waals surface area (Å²) < 4.78 is 0. The highest BCUT2D eigenvalue weighted by Crippen LogP contribution is 1.82. The molecule has 0 bridgehead atoms. The van der Waals surface area contributed by atoms with Gasteiger partial charge in [-0.05, 0) is 5.22 Å². The first-order valence-corrected chi connectivity index (χ1v) is 1.70. The molecular weight excluding hydrogens is 94.1 g/mol. The van der Waals surface area contributed by atoms with E-state index in [9.17, 15) is 0 Å². The Morgan fingerprint density at radius 3 is 2.14 bits per heavy atom. The van der Waals surface area contributed by atoms with Gasteiger partial charge in [0.25, 0.3) is 0 Å². The molecule has 0 spiro atoms. The highest BCUT2D eigenvalue weighted by molar-refractivity contribution is 4.76. The van der Waals surface area contributed by atoms with E-state index < -0.39 is 0 Å². The first-order chi connectivity index (χ1) is 3.50. The van der Waals surface area contributed by atoms with Crippen molar-refractivity contribution in [1.82, 2.24) is 5.43 Å². The van der Waals surface area contributed by atoms with Crippen molar-refractivity contribution in [2.45, 2.75) is 0 Å². The van der Waals surface area contributed by atoms with E-state index in [-0.39, 0.29) is 0 Å². The molecule has 0 saturated heterocycles. The van der Waals surface area contributed by atoms with Crippen molar-refractivity contribution in [3.05, 3.63) is 12.4 Å². The smallest absolute Gasteiger partial charge is 0.0716 e. The maximum atomic E-state index is 7.00. The van der Waals surface area contributed by atoms with Crippen LogP contribution in [0.2, 0.25) is 0 Å². The normalized spacial score (nSPS) is 12.3. The topological polar surface area (TPSA) is 59.0 Å². The second-order valence-corrected chi connectivity index (χ2v) is 0.619. The molecule has 0 amide bonds. The second kappa shape index (κ2) is 5.10. The van der Waals surface area contributed by atoms with Crippen molar-refractivity contribution in [3.63, 3.8) is 0 Å². The van der Waals surface area contributed by atoms with Gasteiger partial charge in [-0.2, -0.15) is 0 Å². The first-order valence-electron chi connectivity index (χ1n) is 1.70. The molecule has 0 aliphatic carbocycles. The molecule has 0 aromatic heterocycles. The molecular formula is C3H6N3O. The summed E-state index contributed by atoms with van der Waals surface area (Å²) in [4.78, 5) is 0. The Bertz CT molecular complexity index is 68.2. The molecule has 4 heteroatoms. The zero-order valence-corrected chi connectivity index (χ0v) is 3.94. The zero-order chi connectivity index (χ0) is 5.54. The van der Waals surface area contributed by atoms with Crippen LogP contribution in [0.1, 0.15) is 0 Å². The monoisotopic (exact) mass is 100 g/mol. The number of nitrogens with zero attached hydrogens (tertiary/aromatic N) is 3. The number of hydrogen-bond acceptors (Lipinski definition) is 3. The van der Waals surface area contributed by atoms with Gasteiger partial charge < -0.3 is 5.11 Å². The van der Waals surface area contributed by atoms with Crippen molar-refractivity contribution in [1.29, 1.82) is 0 Å². The predicted octanol–water partition coefficient (Wildman–Crippen LogP) is 0.0513. The lowest BCUT2D eigenvalue weighted by atomic mass is 11.0. The number of rotatable bonds is 0. The highest BCUT2D eigenvalue weighted by Gasteiger charge is 1.74. The molecule has 1 heterocycles. The van der Waals surface area contributed by atoms with Crippen molar-refractivity contribution >= 4 is 0 Å². The summed E-state index contributed by atoms with van der Waals surface area (Å²) in [5.74, 6) is 0. The van der Waals surface area contributed by atoms with Crippen LogP contribution in [0.25, 0.3) is 0 Å². The molecule has 0 unspecified atom stereocenters. The van der Waals surface area contributed by atoms with E-state index in [1.807, 2.05) is 0 Å². The van der Waals surface area contributed by atoms with Crippen LogP contribution in [0.5, 0.6) is 0 Å². The molecule has 0 aromatic rings. The van der Waals surface area contributed by atoms with Gasteiger partial charge in [-0.15, -0.1) is 10.5 Å². The third-order valence-corrected chi connectivity index (χ3v) is 0.303. The molecule has 1 aliphatic heterocycles. The largest absolute Gasteiger partial charge is 0.400 e. The van der Waals surface area contributed by atoms with Gasteiger partial charge in [0.2, 0.25) is 0 Å². The molecule has 1 rings (SSSR count). The van der Waals surface area contributed by atoms with Gasteiger partial charge in [-0.1, -0.05) is 0 Å². The summed E-state index contributed by atoms with van der Waals surface area (Å²) in [6, 6.07) is 0. The lowest BCUT2D eigenvalue weighted by Gasteiger charge is -1.58. The van der Waals surface area contributed by atoms with Crippen molar-refractivity contribution in [2.24, 2.45) is 10.3 Å². The van der Waals surface area contributed by atoms with Crippen molar-refractivity contribution < 1.29 is 5.11 Å². The summed E-state index contributed by atoms with van der Waals surface area (Å²) in [7, 11) is 1.00. The molecule has 0 aromatic carbocycles. The minimum Gasteiger partial charge on any atom is -0.400 e. The highest BCUT2D eigenvalue weighted by atomic mass is 16.2. The first kappa shape index (κ1) is 6.10. The maximum Gasteiger partial charge on any atom is 0.0716 e. The molecule has 7 heavy (non-hydrogen) atoms. The van der Waals surface area contributed by atoms with Gasteiger partial charge >= 0.3 is 0 Å². The average molecular weight is 100 g/mol. The van der Waals surface area contributed by atoms with Crippen LogP contribution in [0.4, 0.5) is 0 Å². The minimum absolute atomic E-state index is 1.00. The Kier molecular flexibility index (Phi) is 4.44. The van der Waals surface area contributed by atoms with E-state index in [0.717, 1.165) is 7.11 Å². The van der Waals surface area contributed by atoms with Gasteiger partial charge in [0.05, 0.1) is 12.4 Å². The number of hydrogen-bond donors (Lipinski definition) is 1. The zero-order valence-electron chi connectivity index (χ0n) is 3.94. The average Bonchev–Trinajstić information content (AvgIpc) is 2.23. The van der Waals surface area contributed by atoms with Crippen LogP contribution in [-0.4, -0.2) is 12.2 Å². The van der Waals surface area contributed by atoms with Gasteiger partial charge in [0.1, 0.15) is 0 Å². The van der Waals surface area contributed by atoms with Crippen LogP contribution in [0.3, 0.4) is 0 Å². The van der Waals surface area contributed by atoms with Crippen LogP contribution in [-0.2, 0) is 0 Å². The molecule has 0 fully saturated rings. The maximum absolute atomic E-state index is 7.00. The molecule has 39 valence electrons. The Balaban J connectivity index is 0.000000162. The lowest BCUT2D eigenvalue weighted by molar-refractivity contribution is 0.399. The van der Waals surface area contributed by atoms with Crippen molar-refractivity contribution in [2.75, 3.05) is 7.11 Å². The molecule has 1 radical (unpaired) electrons. The number of aliphatic hydroxyl groups is 1. The van der Waals surface area contributed by atoms with Gasteiger partial charge in [0.15, 0.2) is 0 Å². The van der Waals surface area contributed by atoms with E-state index in [0.29, 0.717) is 0 Å². The van der Waals surface area contributed by atoms with E-state index in [4.69, 9.17) is 5.11 Å². The summed E-state index contributed by atoms with van der Waals surface area (Å²) in [5, 5.41) is 13.6. The quantitative estimate of drug-likeness (QED) is 0.459. The Labute approximate surface area is 41.5 Å². The second-order valence-electron chi connectivity index (χ2n) is 0.619. The molecule has 0 atom stereocenters. The molecule has 1 N–H and O–H groups in total. The Hall–Kier alpha value is -0.900. The van der Waals surface area contributed by atoms with Crippen LogP contribution >= 0.6 is 0 Å². The third kappa shape index (κ3) is 2.92. The molecule has 0 saturated carbocycles. The minimum atomic E-state index is 1.00. The summed E-state index contributed by atoms with van der Waals surface area (Å²) in [6.45, 7) is 0. The van der Waals surface area contributed by atoms with E-state index in [1.165, 1.54) is 12.4 Å². The fraction of sp³-hybridized carbons (Fsp3) is 0.333. The van der Waals surface area contributed by atoms with Crippen LogP contribution in [0, 0.1) is 0 Å². The fourth-order valence-electron chi connectivity index (χ4n) is 0.149. The molecule has 4 nitrogen and oxygen atoms in total. The van der Waals surface area contributed by atoms with Gasteiger partial charge in [-0.3, -0.25) is 0 Å². The third-order valence-electron chi connectivity index (χ3n) is 0.303. The SMILES string of the molecule is C1=CN=N[N]1.CO. The van der Waals surface area contributed by atoms with E-state index in [2.05, 4.69) is 15.8 Å².